The molecule has 2 atom stereocenters. The van der Waals surface area contributed by atoms with E-state index in [4.69, 9.17) is 4.52 Å². The maximum Gasteiger partial charge on any atom is 0.133 e. The first kappa shape index (κ1) is 16.2. The molecule has 1 aliphatic rings. The first-order chi connectivity index (χ1) is 11.1. The number of benzene rings is 1. The zero-order valence-electron chi connectivity index (χ0n) is 13.9. The van der Waals surface area contributed by atoms with Crippen molar-refractivity contribution in [1.82, 2.24) is 15.0 Å². The van der Waals surface area contributed by atoms with Crippen LogP contribution in [-0.2, 0) is 6.54 Å². The van der Waals surface area contributed by atoms with Gasteiger partial charge in [0.05, 0.1) is 11.8 Å². The highest BCUT2D eigenvalue weighted by atomic mass is 16.5. The molecule has 1 aromatic heterocycles. The molecule has 0 aliphatic carbocycles. The summed E-state index contributed by atoms with van der Waals surface area (Å²) in [4.78, 5) is 4.76. The first-order valence-corrected chi connectivity index (χ1v) is 8.23. The van der Waals surface area contributed by atoms with Crippen LogP contribution in [0.4, 0.5) is 0 Å². The molecule has 0 saturated carbocycles. The van der Waals surface area contributed by atoms with E-state index in [1.807, 2.05) is 43.3 Å². The molecule has 5 nitrogen and oxygen atoms in total. The second-order valence-corrected chi connectivity index (χ2v) is 6.43. The van der Waals surface area contributed by atoms with Crippen molar-refractivity contribution in [3.05, 3.63) is 53.4 Å². The standard InChI is InChI=1S/C18H25N3O2/c1-14-11-20(12-17-10-15(2)23-19-17)8-9-21(14)13-18(22)16-6-4-3-5-7-16/h3-7,10,14,18,22H,8-9,11-13H2,1-2H3/t14-,18-/m0/s1. The van der Waals surface area contributed by atoms with Crippen LogP contribution in [0.5, 0.6) is 0 Å². The molecule has 0 radical (unpaired) electrons. The third-order valence-electron chi connectivity index (χ3n) is 4.50. The van der Waals surface area contributed by atoms with E-state index in [1.54, 1.807) is 0 Å². The Morgan fingerprint density at radius 1 is 1.30 bits per heavy atom. The molecule has 0 spiro atoms. The first-order valence-electron chi connectivity index (χ1n) is 8.23. The predicted octanol–water partition coefficient (Wildman–Crippen LogP) is 2.22. The monoisotopic (exact) mass is 315 g/mol. The van der Waals surface area contributed by atoms with Gasteiger partial charge in [-0.3, -0.25) is 9.80 Å². The Labute approximate surface area is 137 Å². The summed E-state index contributed by atoms with van der Waals surface area (Å²) < 4.78 is 5.14. The van der Waals surface area contributed by atoms with E-state index in [0.29, 0.717) is 12.6 Å². The van der Waals surface area contributed by atoms with Gasteiger partial charge in [0.1, 0.15) is 5.76 Å². The zero-order valence-corrected chi connectivity index (χ0v) is 13.9. The number of β-amino-alcohol motifs (C(OH)–C–C–N with tert-alkyl or cyclic N) is 1. The lowest BCUT2D eigenvalue weighted by Crippen LogP contribution is -2.52. The topological polar surface area (TPSA) is 52.7 Å². The molecule has 1 saturated heterocycles. The molecule has 2 heterocycles. The van der Waals surface area contributed by atoms with Crippen molar-refractivity contribution in [2.24, 2.45) is 0 Å². The molecule has 124 valence electrons. The molecule has 1 aromatic carbocycles. The Morgan fingerprint density at radius 2 is 2.09 bits per heavy atom. The number of rotatable bonds is 5. The summed E-state index contributed by atoms with van der Waals surface area (Å²) in [6, 6.07) is 12.3. The Balaban J connectivity index is 1.52. The van der Waals surface area contributed by atoms with E-state index >= 15 is 0 Å². The van der Waals surface area contributed by atoms with E-state index in [0.717, 1.165) is 43.2 Å². The maximum atomic E-state index is 10.4. The van der Waals surface area contributed by atoms with Crippen molar-refractivity contribution in [3.63, 3.8) is 0 Å². The Hall–Kier alpha value is -1.69. The van der Waals surface area contributed by atoms with Crippen LogP contribution in [0.15, 0.2) is 40.9 Å². The molecular weight excluding hydrogens is 290 g/mol. The molecule has 2 aromatic rings. The summed E-state index contributed by atoms with van der Waals surface area (Å²) in [5, 5.41) is 14.5. The molecule has 5 heteroatoms. The fourth-order valence-corrected chi connectivity index (χ4v) is 3.21. The van der Waals surface area contributed by atoms with E-state index in [-0.39, 0.29) is 0 Å². The van der Waals surface area contributed by atoms with Gasteiger partial charge in [-0.15, -0.1) is 0 Å². The minimum absolute atomic E-state index is 0.412. The van der Waals surface area contributed by atoms with Gasteiger partial charge in [0.2, 0.25) is 0 Å². The predicted molar refractivity (Wildman–Crippen MR) is 89.0 cm³/mol. The number of hydrogen-bond acceptors (Lipinski definition) is 5. The smallest absolute Gasteiger partial charge is 0.133 e. The molecule has 1 aliphatic heterocycles. The molecule has 3 rings (SSSR count). The maximum absolute atomic E-state index is 10.4. The lowest BCUT2D eigenvalue weighted by atomic mass is 10.1. The van der Waals surface area contributed by atoms with Gasteiger partial charge in [-0.2, -0.15) is 0 Å². The summed E-state index contributed by atoms with van der Waals surface area (Å²) in [6.45, 7) is 8.58. The average molecular weight is 315 g/mol. The van der Waals surface area contributed by atoms with Crippen LogP contribution in [0.2, 0.25) is 0 Å². The minimum Gasteiger partial charge on any atom is -0.387 e. The highest BCUT2D eigenvalue weighted by molar-refractivity contribution is 5.17. The van der Waals surface area contributed by atoms with Crippen LogP contribution in [0.1, 0.15) is 30.0 Å². The quantitative estimate of drug-likeness (QED) is 0.917. The van der Waals surface area contributed by atoms with Gasteiger partial charge < -0.3 is 9.63 Å². The van der Waals surface area contributed by atoms with Crippen LogP contribution in [0.3, 0.4) is 0 Å². The van der Waals surface area contributed by atoms with Crippen LogP contribution in [-0.4, -0.2) is 52.3 Å². The van der Waals surface area contributed by atoms with Crippen LogP contribution in [0, 0.1) is 6.92 Å². The van der Waals surface area contributed by atoms with Crippen LogP contribution in [0.25, 0.3) is 0 Å². The SMILES string of the molecule is Cc1cc(CN2CCN(C[C@H](O)c3ccccc3)[C@@H](C)C2)no1. The van der Waals surface area contributed by atoms with Gasteiger partial charge in [0, 0.05) is 44.8 Å². The van der Waals surface area contributed by atoms with Crippen molar-refractivity contribution in [2.75, 3.05) is 26.2 Å². The second-order valence-electron chi connectivity index (χ2n) is 6.43. The summed E-state index contributed by atoms with van der Waals surface area (Å²) in [6.07, 6.45) is -0.427. The van der Waals surface area contributed by atoms with Crippen molar-refractivity contribution in [2.45, 2.75) is 32.5 Å². The molecule has 0 amide bonds. The van der Waals surface area contributed by atoms with E-state index < -0.39 is 6.10 Å². The average Bonchev–Trinajstić information content (AvgIpc) is 2.96. The van der Waals surface area contributed by atoms with E-state index in [2.05, 4.69) is 21.9 Å². The summed E-state index contributed by atoms with van der Waals surface area (Å²) >= 11 is 0. The molecule has 0 unspecified atom stereocenters. The Bertz CT molecular complexity index is 614. The number of aliphatic hydroxyl groups is 1. The number of aromatic nitrogens is 1. The second kappa shape index (κ2) is 7.25. The number of nitrogens with zero attached hydrogens (tertiary/aromatic N) is 3. The van der Waals surface area contributed by atoms with Gasteiger partial charge in [0.15, 0.2) is 0 Å². The molecule has 1 N–H and O–H groups in total. The highest BCUT2D eigenvalue weighted by Gasteiger charge is 2.26. The van der Waals surface area contributed by atoms with Gasteiger partial charge in [-0.25, -0.2) is 0 Å². The summed E-state index contributed by atoms with van der Waals surface area (Å²) in [5.74, 6) is 0.859. The van der Waals surface area contributed by atoms with Gasteiger partial charge >= 0.3 is 0 Å². The zero-order chi connectivity index (χ0) is 16.2. The Morgan fingerprint density at radius 3 is 2.74 bits per heavy atom. The van der Waals surface area contributed by atoms with Gasteiger partial charge in [0.25, 0.3) is 0 Å². The van der Waals surface area contributed by atoms with Crippen molar-refractivity contribution in [3.8, 4) is 0 Å². The summed E-state index contributed by atoms with van der Waals surface area (Å²) in [5.41, 5.74) is 1.98. The Kier molecular flexibility index (Phi) is 5.10. The number of aliphatic hydroxyl groups excluding tert-OH is 1. The lowest BCUT2D eigenvalue weighted by molar-refractivity contribution is 0.0355. The lowest BCUT2D eigenvalue weighted by Gasteiger charge is -2.40. The number of aryl methyl sites for hydroxylation is 1. The third-order valence-corrected chi connectivity index (χ3v) is 4.50. The molecule has 23 heavy (non-hydrogen) atoms. The molecular formula is C18H25N3O2. The molecule has 1 fully saturated rings. The van der Waals surface area contributed by atoms with Gasteiger partial charge in [-0.1, -0.05) is 35.5 Å². The van der Waals surface area contributed by atoms with E-state index in [9.17, 15) is 5.11 Å². The van der Waals surface area contributed by atoms with E-state index in [1.165, 1.54) is 0 Å². The third kappa shape index (κ3) is 4.19. The minimum atomic E-state index is -0.427. The normalized spacial score (nSPS) is 21.4. The number of hydrogen-bond donors (Lipinski definition) is 1. The number of piperazine rings is 1. The summed E-state index contributed by atoms with van der Waals surface area (Å²) in [7, 11) is 0. The fraction of sp³-hybridized carbons (Fsp3) is 0.500. The highest BCUT2D eigenvalue weighted by Crippen LogP contribution is 2.18. The molecule has 0 bridgehead atoms. The van der Waals surface area contributed by atoms with Crippen molar-refractivity contribution >= 4 is 0 Å². The van der Waals surface area contributed by atoms with Crippen LogP contribution < -0.4 is 0 Å². The van der Waals surface area contributed by atoms with Crippen LogP contribution >= 0.6 is 0 Å². The fourth-order valence-electron chi connectivity index (χ4n) is 3.21. The largest absolute Gasteiger partial charge is 0.387 e. The van der Waals surface area contributed by atoms with Crippen molar-refractivity contribution in [1.29, 1.82) is 0 Å². The van der Waals surface area contributed by atoms with Gasteiger partial charge in [-0.05, 0) is 19.4 Å². The van der Waals surface area contributed by atoms with Crippen molar-refractivity contribution < 1.29 is 9.63 Å².